The third kappa shape index (κ3) is 2.59. The Labute approximate surface area is 124 Å². The minimum absolute atomic E-state index is 0.161. The number of nitrogens with one attached hydrogen (secondary N) is 1. The van der Waals surface area contributed by atoms with Crippen molar-refractivity contribution in [2.45, 2.75) is 25.9 Å². The summed E-state index contributed by atoms with van der Waals surface area (Å²) in [6, 6.07) is 7.93. The molecule has 0 aliphatic carbocycles. The number of piperazine rings is 1. The van der Waals surface area contributed by atoms with Crippen molar-refractivity contribution in [1.82, 2.24) is 15.1 Å². The Morgan fingerprint density at radius 1 is 1.10 bits per heavy atom. The van der Waals surface area contributed by atoms with Crippen molar-refractivity contribution in [3.05, 3.63) is 35.4 Å². The Bertz CT molecular complexity index is 537. The fourth-order valence-corrected chi connectivity index (χ4v) is 3.08. The van der Waals surface area contributed by atoms with E-state index in [-0.39, 0.29) is 11.8 Å². The van der Waals surface area contributed by atoms with E-state index in [1.165, 1.54) is 4.90 Å². The van der Waals surface area contributed by atoms with E-state index >= 15 is 0 Å². The average Bonchev–Trinajstić information content (AvgIpc) is 2.73. The molecule has 1 saturated heterocycles. The van der Waals surface area contributed by atoms with Crippen molar-refractivity contribution in [3.63, 3.8) is 0 Å². The van der Waals surface area contributed by atoms with E-state index in [2.05, 4.69) is 24.1 Å². The van der Waals surface area contributed by atoms with Crippen LogP contribution in [0.1, 0.15) is 34.6 Å². The molecule has 21 heavy (non-hydrogen) atoms. The molecule has 2 amide bonds. The van der Waals surface area contributed by atoms with Gasteiger partial charge >= 0.3 is 0 Å². The normalized spacial score (nSPS) is 26.3. The van der Waals surface area contributed by atoms with Crippen LogP contribution in [-0.2, 0) is 0 Å². The summed E-state index contributed by atoms with van der Waals surface area (Å²) in [7, 11) is 0. The van der Waals surface area contributed by atoms with Gasteiger partial charge in [0.05, 0.1) is 11.1 Å². The largest absolute Gasteiger partial charge is 0.311 e. The molecular formula is C16H21N3O2. The Morgan fingerprint density at radius 2 is 1.71 bits per heavy atom. The van der Waals surface area contributed by atoms with Gasteiger partial charge in [0.25, 0.3) is 11.8 Å². The van der Waals surface area contributed by atoms with Gasteiger partial charge in [-0.25, -0.2) is 0 Å². The summed E-state index contributed by atoms with van der Waals surface area (Å²) in [5, 5.41) is 3.43. The van der Waals surface area contributed by atoms with Crippen molar-refractivity contribution in [2.24, 2.45) is 0 Å². The number of hydrogen-bond acceptors (Lipinski definition) is 4. The van der Waals surface area contributed by atoms with Gasteiger partial charge in [-0.2, -0.15) is 0 Å². The lowest BCUT2D eigenvalue weighted by atomic mass is 10.1. The number of carbonyl (C=O) groups is 2. The lowest BCUT2D eigenvalue weighted by molar-refractivity contribution is 0.0609. The fourth-order valence-electron chi connectivity index (χ4n) is 3.08. The van der Waals surface area contributed by atoms with Crippen LogP contribution in [0.2, 0.25) is 0 Å². The van der Waals surface area contributed by atoms with Crippen LogP contribution in [0.4, 0.5) is 0 Å². The van der Waals surface area contributed by atoms with E-state index in [9.17, 15) is 9.59 Å². The van der Waals surface area contributed by atoms with Crippen LogP contribution < -0.4 is 5.32 Å². The van der Waals surface area contributed by atoms with Crippen LogP contribution in [0.5, 0.6) is 0 Å². The van der Waals surface area contributed by atoms with Crippen LogP contribution in [0, 0.1) is 0 Å². The van der Waals surface area contributed by atoms with E-state index in [1.54, 1.807) is 24.3 Å². The minimum atomic E-state index is -0.161. The van der Waals surface area contributed by atoms with Gasteiger partial charge in [-0.05, 0) is 26.0 Å². The van der Waals surface area contributed by atoms with Gasteiger partial charge < -0.3 is 5.32 Å². The predicted octanol–water partition coefficient (Wildman–Crippen LogP) is 0.965. The first kappa shape index (κ1) is 14.2. The second-order valence-electron chi connectivity index (χ2n) is 5.96. The Hall–Kier alpha value is -1.72. The highest BCUT2D eigenvalue weighted by Crippen LogP contribution is 2.22. The average molecular weight is 287 g/mol. The number of carbonyl (C=O) groups excluding carboxylic acids is 2. The summed E-state index contributed by atoms with van der Waals surface area (Å²) in [4.78, 5) is 28.3. The summed E-state index contributed by atoms with van der Waals surface area (Å²) >= 11 is 0. The van der Waals surface area contributed by atoms with Gasteiger partial charge in [-0.1, -0.05) is 12.1 Å². The standard InChI is InChI=1S/C16H21N3O2/c1-11-10-18(12(2)9-17-11)7-8-19-15(20)13-5-3-4-6-14(13)16(19)21/h3-6,11-12,17H,7-10H2,1-2H3. The Balaban J connectivity index is 1.67. The number of rotatable bonds is 3. The molecular weight excluding hydrogens is 266 g/mol. The van der Waals surface area contributed by atoms with Crippen LogP contribution in [0.15, 0.2) is 24.3 Å². The lowest BCUT2D eigenvalue weighted by Crippen LogP contribution is -2.55. The molecule has 1 fully saturated rings. The minimum Gasteiger partial charge on any atom is -0.311 e. The van der Waals surface area contributed by atoms with E-state index < -0.39 is 0 Å². The van der Waals surface area contributed by atoms with Crippen molar-refractivity contribution in [2.75, 3.05) is 26.2 Å². The number of hydrogen-bond donors (Lipinski definition) is 1. The highest BCUT2D eigenvalue weighted by Gasteiger charge is 2.35. The molecule has 0 bridgehead atoms. The molecule has 0 radical (unpaired) electrons. The van der Waals surface area contributed by atoms with E-state index in [0.717, 1.165) is 19.6 Å². The smallest absolute Gasteiger partial charge is 0.261 e. The third-order valence-electron chi connectivity index (χ3n) is 4.38. The second kappa shape index (κ2) is 5.58. The first-order valence-corrected chi connectivity index (χ1v) is 7.50. The molecule has 3 rings (SSSR count). The summed E-state index contributed by atoms with van der Waals surface area (Å²) < 4.78 is 0. The first-order valence-electron chi connectivity index (χ1n) is 7.50. The maximum Gasteiger partial charge on any atom is 0.261 e. The van der Waals surface area contributed by atoms with Crippen LogP contribution in [0.3, 0.4) is 0 Å². The molecule has 1 aromatic rings. The molecule has 2 unspecified atom stereocenters. The maximum atomic E-state index is 12.3. The molecule has 0 spiro atoms. The van der Waals surface area contributed by atoms with Crippen molar-refractivity contribution < 1.29 is 9.59 Å². The summed E-state index contributed by atoms with van der Waals surface area (Å²) in [6.07, 6.45) is 0. The van der Waals surface area contributed by atoms with E-state index in [4.69, 9.17) is 0 Å². The molecule has 2 aliphatic rings. The van der Waals surface area contributed by atoms with Crippen molar-refractivity contribution in [1.29, 1.82) is 0 Å². The SMILES string of the molecule is CC1CN(CCN2C(=O)c3ccccc3C2=O)C(C)CN1. The molecule has 5 heteroatoms. The van der Waals surface area contributed by atoms with Crippen molar-refractivity contribution in [3.8, 4) is 0 Å². The molecule has 0 saturated carbocycles. The Morgan fingerprint density at radius 3 is 2.33 bits per heavy atom. The molecule has 1 N–H and O–H groups in total. The zero-order chi connectivity index (χ0) is 15.0. The van der Waals surface area contributed by atoms with Crippen LogP contribution >= 0.6 is 0 Å². The van der Waals surface area contributed by atoms with E-state index in [0.29, 0.717) is 29.8 Å². The molecule has 2 aliphatic heterocycles. The Kier molecular flexibility index (Phi) is 3.78. The lowest BCUT2D eigenvalue weighted by Gasteiger charge is -2.38. The molecule has 5 nitrogen and oxygen atoms in total. The predicted molar refractivity (Wildman–Crippen MR) is 80.3 cm³/mol. The van der Waals surface area contributed by atoms with Crippen LogP contribution in [-0.4, -0.2) is 59.9 Å². The van der Waals surface area contributed by atoms with Crippen LogP contribution in [0.25, 0.3) is 0 Å². The topological polar surface area (TPSA) is 52.7 Å². The molecule has 1 aromatic carbocycles. The molecule has 112 valence electrons. The monoisotopic (exact) mass is 287 g/mol. The highest BCUT2D eigenvalue weighted by molar-refractivity contribution is 6.21. The molecule has 2 heterocycles. The zero-order valence-electron chi connectivity index (χ0n) is 12.5. The summed E-state index contributed by atoms with van der Waals surface area (Å²) in [5.74, 6) is -0.321. The molecule has 0 aromatic heterocycles. The number of fused-ring (bicyclic) bond motifs is 1. The van der Waals surface area contributed by atoms with E-state index in [1.807, 2.05) is 0 Å². The third-order valence-corrected chi connectivity index (χ3v) is 4.38. The number of amides is 2. The van der Waals surface area contributed by atoms with Crippen molar-refractivity contribution >= 4 is 11.8 Å². The first-order chi connectivity index (χ1) is 10.1. The van der Waals surface area contributed by atoms with Gasteiger partial charge in [0.1, 0.15) is 0 Å². The van der Waals surface area contributed by atoms with Gasteiger partial charge in [0.2, 0.25) is 0 Å². The zero-order valence-corrected chi connectivity index (χ0v) is 12.5. The number of imide groups is 1. The number of benzene rings is 1. The maximum absolute atomic E-state index is 12.3. The second-order valence-corrected chi connectivity index (χ2v) is 5.96. The summed E-state index contributed by atoms with van der Waals surface area (Å²) in [5.41, 5.74) is 1.06. The van der Waals surface area contributed by atoms with Gasteiger partial charge in [-0.15, -0.1) is 0 Å². The van der Waals surface area contributed by atoms with Gasteiger partial charge in [0.15, 0.2) is 0 Å². The highest BCUT2D eigenvalue weighted by atomic mass is 16.2. The molecule has 2 atom stereocenters. The number of nitrogens with zero attached hydrogens (tertiary/aromatic N) is 2. The quantitative estimate of drug-likeness (QED) is 0.842. The van der Waals surface area contributed by atoms with Gasteiger partial charge in [0, 0.05) is 38.3 Å². The van der Waals surface area contributed by atoms with Gasteiger partial charge in [-0.3, -0.25) is 19.4 Å². The summed E-state index contributed by atoms with van der Waals surface area (Å²) in [6.45, 7) is 7.41. The fraction of sp³-hybridized carbons (Fsp3) is 0.500.